The maximum Gasteiger partial charge on any atom is 0.166 e. The first kappa shape index (κ1) is 9.96. The van der Waals surface area contributed by atoms with Crippen molar-refractivity contribution in [3.8, 4) is 0 Å². The highest BCUT2D eigenvalue weighted by atomic mass is 127. The van der Waals surface area contributed by atoms with Gasteiger partial charge in [0.25, 0.3) is 0 Å². The van der Waals surface area contributed by atoms with Gasteiger partial charge in [0.2, 0.25) is 0 Å². The fourth-order valence-electron chi connectivity index (χ4n) is 0.332. The predicted octanol–water partition coefficient (Wildman–Crippen LogP) is 2.35. The van der Waals surface area contributed by atoms with Gasteiger partial charge in [-0.2, -0.15) is 0 Å². The lowest BCUT2D eigenvalue weighted by Crippen LogP contribution is -2.06. The predicted molar refractivity (Wildman–Crippen MR) is 54.0 cm³/mol. The van der Waals surface area contributed by atoms with E-state index in [1.165, 1.54) is 0 Å². The van der Waals surface area contributed by atoms with Gasteiger partial charge in [-0.3, -0.25) is 0 Å². The van der Waals surface area contributed by atoms with E-state index in [1.54, 1.807) is 6.08 Å². The monoisotopic (exact) mass is 354 g/mol. The van der Waals surface area contributed by atoms with Gasteiger partial charge in [-0.15, -0.1) is 0 Å². The van der Waals surface area contributed by atoms with Gasteiger partial charge >= 0.3 is 0 Å². The highest BCUT2D eigenvalue weighted by molar-refractivity contribution is 14.2. The molecule has 0 rings (SSSR count). The number of hydrogen-bond acceptors (Lipinski definition) is 2. The maximum atomic E-state index is 9.10. The van der Waals surface area contributed by atoms with Crippen LogP contribution in [0.3, 0.4) is 0 Å². The molecule has 0 aromatic heterocycles. The molecule has 0 fully saturated rings. The number of allylic oxidation sites excluding steroid dienone is 1. The molecule has 0 aliphatic rings. The van der Waals surface area contributed by atoms with Crippen LogP contribution >= 0.6 is 45.2 Å². The van der Waals surface area contributed by atoms with Crippen LogP contribution in [0.15, 0.2) is 12.3 Å². The number of rotatable bonds is 3. The van der Waals surface area contributed by atoms with Crippen LogP contribution in [-0.2, 0) is 0 Å². The summed E-state index contributed by atoms with van der Waals surface area (Å²) in [6.45, 7) is 0. The molecule has 0 atom stereocenters. The minimum atomic E-state index is -0.672. The van der Waals surface area contributed by atoms with E-state index in [0.717, 1.165) is 6.26 Å². The molecule has 0 aliphatic carbocycles. The molecule has 0 aromatic carbocycles. The summed E-state index contributed by atoms with van der Waals surface area (Å²) in [5.41, 5.74) is 0. The zero-order valence-corrected chi connectivity index (χ0v) is 9.03. The summed E-state index contributed by atoms with van der Waals surface area (Å²) >= 11 is 3.89. The molecule has 0 bridgehead atoms. The minimum Gasteiger partial charge on any atom is -0.516 e. The van der Waals surface area contributed by atoms with Crippen LogP contribution in [-0.4, -0.2) is 11.8 Å². The summed E-state index contributed by atoms with van der Waals surface area (Å²) in [5, 5.41) is 17.3. The van der Waals surface area contributed by atoms with E-state index in [1.807, 2.05) is 45.2 Å². The molecule has 0 saturated carbocycles. The van der Waals surface area contributed by atoms with Gasteiger partial charge in [0.15, 0.2) is 1.61 Å². The summed E-state index contributed by atoms with van der Waals surface area (Å²) in [4.78, 5) is 0. The van der Waals surface area contributed by atoms with E-state index in [4.69, 9.17) is 10.2 Å². The third-order valence-electron chi connectivity index (χ3n) is 0.717. The lowest BCUT2D eigenvalue weighted by Gasteiger charge is -2.09. The summed E-state index contributed by atoms with van der Waals surface area (Å²) in [6, 6.07) is 0. The van der Waals surface area contributed by atoms with Crippen LogP contribution in [0.25, 0.3) is 0 Å². The van der Waals surface area contributed by atoms with E-state index < -0.39 is 1.61 Å². The normalized spacial score (nSPS) is 12.8. The van der Waals surface area contributed by atoms with Gasteiger partial charge in [-0.25, -0.2) is 0 Å². The van der Waals surface area contributed by atoms with Crippen LogP contribution in [0.5, 0.6) is 0 Å². The maximum absolute atomic E-state index is 9.10. The van der Waals surface area contributed by atoms with Crippen LogP contribution in [0, 0.1) is 0 Å². The van der Waals surface area contributed by atoms with Crippen LogP contribution in [0.4, 0.5) is 0 Å². The number of halogens is 2. The Balaban J connectivity index is 3.28. The quantitative estimate of drug-likeness (QED) is 0.464. The molecule has 0 unspecified atom stereocenters. The van der Waals surface area contributed by atoms with E-state index in [-0.39, 0.29) is 0 Å². The highest BCUT2D eigenvalue weighted by Gasteiger charge is 2.14. The molecule has 0 heterocycles. The van der Waals surface area contributed by atoms with Gasteiger partial charge in [0.1, 0.15) is 0 Å². The average molecular weight is 354 g/mol. The van der Waals surface area contributed by atoms with Crippen molar-refractivity contribution in [1.82, 2.24) is 0 Å². The molecule has 0 aromatic rings. The van der Waals surface area contributed by atoms with Crippen LogP contribution < -0.4 is 0 Å². The van der Waals surface area contributed by atoms with Crippen molar-refractivity contribution < 1.29 is 10.2 Å². The first-order valence-electron chi connectivity index (χ1n) is 2.45. The van der Waals surface area contributed by atoms with E-state index in [0.29, 0.717) is 12.8 Å². The Labute approximate surface area is 81.6 Å². The van der Waals surface area contributed by atoms with Crippen LogP contribution in [0.1, 0.15) is 12.8 Å². The first-order valence-corrected chi connectivity index (χ1v) is 4.61. The zero-order chi connectivity index (χ0) is 7.33. The van der Waals surface area contributed by atoms with Crippen molar-refractivity contribution in [3.05, 3.63) is 12.3 Å². The van der Waals surface area contributed by atoms with Gasteiger partial charge in [-0.05, 0) is 64.1 Å². The Bertz CT molecular complexity index is 95.6. The van der Waals surface area contributed by atoms with Crippen molar-refractivity contribution in [1.29, 1.82) is 0 Å². The summed E-state index contributed by atoms with van der Waals surface area (Å²) < 4.78 is -0.672. The van der Waals surface area contributed by atoms with Crippen molar-refractivity contribution in [3.63, 3.8) is 0 Å². The number of aliphatic hydroxyl groups is 2. The average Bonchev–Trinajstić information content (AvgIpc) is 1.63. The number of alkyl halides is 2. The van der Waals surface area contributed by atoms with Crippen LogP contribution in [0.2, 0.25) is 0 Å². The largest absolute Gasteiger partial charge is 0.516 e. The number of hydrogen-bond donors (Lipinski definition) is 2. The molecule has 2 N–H and O–H groups in total. The van der Waals surface area contributed by atoms with Gasteiger partial charge in [0, 0.05) is 0 Å². The molecular weight excluding hydrogens is 346 g/mol. The topological polar surface area (TPSA) is 40.5 Å². The molecule has 54 valence electrons. The molecule has 4 heteroatoms. The van der Waals surface area contributed by atoms with Gasteiger partial charge < -0.3 is 10.2 Å². The standard InChI is InChI=1S/C5H8I2O2/c6-5(7,9)3-1-2-4-8/h2,4,8-9H,1,3H2. The molecule has 0 radical (unpaired) electrons. The van der Waals surface area contributed by atoms with Crippen molar-refractivity contribution in [2.75, 3.05) is 0 Å². The Morgan fingerprint density at radius 2 is 2.00 bits per heavy atom. The molecular formula is C5H8I2O2. The number of aliphatic hydroxyl groups excluding tert-OH is 1. The summed E-state index contributed by atoms with van der Waals surface area (Å²) in [7, 11) is 0. The Kier molecular flexibility index (Phi) is 5.23. The Morgan fingerprint density at radius 3 is 2.33 bits per heavy atom. The SMILES string of the molecule is OC=CCCC(O)(I)I. The third-order valence-corrected chi connectivity index (χ3v) is 1.80. The Hall–Kier alpha value is 0.960. The smallest absolute Gasteiger partial charge is 0.166 e. The molecule has 9 heavy (non-hydrogen) atoms. The van der Waals surface area contributed by atoms with E-state index >= 15 is 0 Å². The highest BCUT2D eigenvalue weighted by Crippen LogP contribution is 2.28. The lowest BCUT2D eigenvalue weighted by atomic mass is 10.3. The molecule has 2 nitrogen and oxygen atoms in total. The second-order valence-electron chi connectivity index (χ2n) is 1.59. The van der Waals surface area contributed by atoms with Crippen molar-refractivity contribution in [2.45, 2.75) is 14.5 Å². The first-order chi connectivity index (χ1) is 4.06. The zero-order valence-electron chi connectivity index (χ0n) is 4.72. The van der Waals surface area contributed by atoms with Gasteiger partial charge in [0.05, 0.1) is 6.26 Å². The molecule has 0 amide bonds. The molecule has 0 aliphatic heterocycles. The fourth-order valence-corrected chi connectivity index (χ4v) is 0.954. The Morgan fingerprint density at radius 1 is 1.44 bits per heavy atom. The molecule has 0 saturated heterocycles. The summed E-state index contributed by atoms with van der Waals surface area (Å²) in [5.74, 6) is 0. The van der Waals surface area contributed by atoms with Crippen molar-refractivity contribution in [2.24, 2.45) is 0 Å². The third kappa shape index (κ3) is 8.96. The van der Waals surface area contributed by atoms with Gasteiger partial charge in [-0.1, -0.05) is 0 Å². The fraction of sp³-hybridized carbons (Fsp3) is 0.600. The minimum absolute atomic E-state index is 0.658. The second-order valence-corrected chi connectivity index (χ2v) is 7.22. The second kappa shape index (κ2) is 4.73. The van der Waals surface area contributed by atoms with E-state index in [2.05, 4.69) is 0 Å². The van der Waals surface area contributed by atoms with Crippen molar-refractivity contribution >= 4 is 45.2 Å². The summed E-state index contributed by atoms with van der Waals surface area (Å²) in [6.07, 6.45) is 3.98. The molecule has 0 spiro atoms. The van der Waals surface area contributed by atoms with E-state index in [9.17, 15) is 0 Å². The lowest BCUT2D eigenvalue weighted by molar-refractivity contribution is 0.254.